The lowest BCUT2D eigenvalue weighted by Gasteiger charge is -1.99. The fraction of sp³-hybridized carbons (Fsp3) is 0.250. The molecule has 0 saturated heterocycles. The highest BCUT2D eigenvalue weighted by molar-refractivity contribution is 5.26. The molecule has 78 valence electrons. The first kappa shape index (κ1) is 9.77. The van der Waals surface area contributed by atoms with Gasteiger partial charge in [0.2, 0.25) is 0 Å². The maximum atomic E-state index is 5.40. The molecule has 0 radical (unpaired) electrons. The van der Waals surface area contributed by atoms with Gasteiger partial charge in [-0.15, -0.1) is 0 Å². The summed E-state index contributed by atoms with van der Waals surface area (Å²) in [7, 11) is 0. The van der Waals surface area contributed by atoms with Crippen molar-refractivity contribution >= 4 is 6.01 Å². The molecule has 2 rings (SSSR count). The van der Waals surface area contributed by atoms with Gasteiger partial charge in [0.05, 0.1) is 5.69 Å². The lowest BCUT2D eigenvalue weighted by atomic mass is 10.1. The molecule has 0 bridgehead atoms. The van der Waals surface area contributed by atoms with Gasteiger partial charge >= 0.3 is 0 Å². The molecule has 0 aliphatic rings. The Labute approximate surface area is 88.9 Å². The van der Waals surface area contributed by atoms with Crippen molar-refractivity contribution in [2.45, 2.75) is 19.8 Å². The van der Waals surface area contributed by atoms with E-state index in [4.69, 9.17) is 10.2 Å². The van der Waals surface area contributed by atoms with Crippen LogP contribution < -0.4 is 5.73 Å². The molecule has 1 heterocycles. The molecule has 1 aromatic heterocycles. The Hall–Kier alpha value is -1.77. The SMILES string of the molecule is CCc1ccc(Cc2coc(N)n2)cc1. The van der Waals surface area contributed by atoms with Crippen LogP contribution in [0, 0.1) is 0 Å². The van der Waals surface area contributed by atoms with Crippen LogP contribution in [0.25, 0.3) is 0 Å². The number of hydrogen-bond acceptors (Lipinski definition) is 3. The molecule has 15 heavy (non-hydrogen) atoms. The molecular weight excluding hydrogens is 188 g/mol. The van der Waals surface area contributed by atoms with Crippen LogP contribution in [0.15, 0.2) is 34.9 Å². The van der Waals surface area contributed by atoms with Gasteiger partial charge in [0.1, 0.15) is 6.26 Å². The first-order valence-corrected chi connectivity index (χ1v) is 5.05. The van der Waals surface area contributed by atoms with Gasteiger partial charge in [0.15, 0.2) is 0 Å². The van der Waals surface area contributed by atoms with E-state index < -0.39 is 0 Å². The first-order valence-electron chi connectivity index (χ1n) is 5.05. The zero-order valence-electron chi connectivity index (χ0n) is 8.73. The second-order valence-corrected chi connectivity index (χ2v) is 3.52. The molecule has 3 heteroatoms. The van der Waals surface area contributed by atoms with Crippen molar-refractivity contribution in [3.63, 3.8) is 0 Å². The van der Waals surface area contributed by atoms with Gasteiger partial charge in [-0.1, -0.05) is 31.2 Å². The summed E-state index contributed by atoms with van der Waals surface area (Å²) < 4.78 is 4.95. The molecule has 2 aromatic rings. The Morgan fingerprint density at radius 2 is 1.87 bits per heavy atom. The van der Waals surface area contributed by atoms with Gasteiger partial charge in [-0.3, -0.25) is 0 Å². The third-order valence-electron chi connectivity index (χ3n) is 2.39. The minimum atomic E-state index is 0.232. The maximum Gasteiger partial charge on any atom is 0.292 e. The van der Waals surface area contributed by atoms with Gasteiger partial charge in [-0.2, -0.15) is 4.98 Å². The van der Waals surface area contributed by atoms with Crippen LogP contribution in [-0.2, 0) is 12.8 Å². The minimum absolute atomic E-state index is 0.232. The minimum Gasteiger partial charge on any atom is -0.432 e. The van der Waals surface area contributed by atoms with E-state index in [1.807, 2.05) is 0 Å². The molecule has 0 fully saturated rings. The fourth-order valence-electron chi connectivity index (χ4n) is 1.51. The number of aromatic nitrogens is 1. The molecule has 2 N–H and O–H groups in total. The zero-order chi connectivity index (χ0) is 10.7. The smallest absolute Gasteiger partial charge is 0.292 e. The average molecular weight is 202 g/mol. The summed E-state index contributed by atoms with van der Waals surface area (Å²) in [5, 5.41) is 0. The normalized spacial score (nSPS) is 10.5. The van der Waals surface area contributed by atoms with E-state index in [0.29, 0.717) is 0 Å². The van der Waals surface area contributed by atoms with Crippen molar-refractivity contribution in [1.82, 2.24) is 4.98 Å². The molecule has 0 amide bonds. The topological polar surface area (TPSA) is 52.0 Å². The summed E-state index contributed by atoms with van der Waals surface area (Å²) in [5.41, 5.74) is 8.84. The number of nitrogen functional groups attached to an aromatic ring is 1. The van der Waals surface area contributed by atoms with Crippen LogP contribution in [0.4, 0.5) is 6.01 Å². The zero-order valence-corrected chi connectivity index (χ0v) is 8.73. The summed E-state index contributed by atoms with van der Waals surface area (Å²) >= 11 is 0. The van der Waals surface area contributed by atoms with Gasteiger partial charge in [0.25, 0.3) is 6.01 Å². The number of oxazole rings is 1. The third kappa shape index (κ3) is 2.37. The Kier molecular flexibility index (Phi) is 2.72. The van der Waals surface area contributed by atoms with E-state index in [2.05, 4.69) is 36.2 Å². The lowest BCUT2D eigenvalue weighted by Crippen LogP contribution is -1.90. The number of anilines is 1. The van der Waals surface area contributed by atoms with Crippen molar-refractivity contribution in [2.24, 2.45) is 0 Å². The Morgan fingerprint density at radius 3 is 2.40 bits per heavy atom. The largest absolute Gasteiger partial charge is 0.432 e. The van der Waals surface area contributed by atoms with Crippen LogP contribution in [0.3, 0.4) is 0 Å². The molecule has 0 spiro atoms. The van der Waals surface area contributed by atoms with Crippen molar-refractivity contribution in [1.29, 1.82) is 0 Å². The highest BCUT2D eigenvalue weighted by Gasteiger charge is 2.01. The van der Waals surface area contributed by atoms with E-state index in [1.54, 1.807) is 6.26 Å². The van der Waals surface area contributed by atoms with Crippen LogP contribution in [0.2, 0.25) is 0 Å². The standard InChI is InChI=1S/C12H14N2O/c1-2-9-3-5-10(6-4-9)7-11-8-15-12(13)14-11/h3-6,8H,2,7H2,1H3,(H2,13,14). The number of benzene rings is 1. The molecule has 0 atom stereocenters. The summed E-state index contributed by atoms with van der Waals surface area (Å²) in [4.78, 5) is 4.06. The first-order chi connectivity index (χ1) is 7.28. The molecule has 1 aromatic carbocycles. The van der Waals surface area contributed by atoms with Crippen LogP contribution in [0.5, 0.6) is 0 Å². The van der Waals surface area contributed by atoms with E-state index >= 15 is 0 Å². The van der Waals surface area contributed by atoms with Crippen molar-refractivity contribution in [3.8, 4) is 0 Å². The molecule has 0 aliphatic carbocycles. The van der Waals surface area contributed by atoms with Crippen LogP contribution >= 0.6 is 0 Å². The Morgan fingerprint density at radius 1 is 1.20 bits per heavy atom. The molecule has 0 saturated carbocycles. The molecule has 3 nitrogen and oxygen atoms in total. The second-order valence-electron chi connectivity index (χ2n) is 3.52. The monoisotopic (exact) mass is 202 g/mol. The van der Waals surface area contributed by atoms with Crippen molar-refractivity contribution in [3.05, 3.63) is 47.3 Å². The van der Waals surface area contributed by atoms with E-state index in [-0.39, 0.29) is 6.01 Å². The van der Waals surface area contributed by atoms with Gasteiger partial charge in [0, 0.05) is 6.42 Å². The highest BCUT2D eigenvalue weighted by Crippen LogP contribution is 2.11. The third-order valence-corrected chi connectivity index (χ3v) is 2.39. The summed E-state index contributed by atoms with van der Waals surface area (Å²) in [6, 6.07) is 8.74. The summed E-state index contributed by atoms with van der Waals surface area (Å²) in [5.74, 6) is 0. The molecular formula is C12H14N2O. The highest BCUT2D eigenvalue weighted by atomic mass is 16.4. The number of hydrogen-bond donors (Lipinski definition) is 1. The number of nitrogens with zero attached hydrogens (tertiary/aromatic N) is 1. The maximum absolute atomic E-state index is 5.40. The average Bonchev–Trinajstić information content (AvgIpc) is 2.65. The predicted molar refractivity (Wildman–Crippen MR) is 59.5 cm³/mol. The van der Waals surface area contributed by atoms with Crippen molar-refractivity contribution in [2.75, 3.05) is 5.73 Å². The number of nitrogens with two attached hydrogens (primary N) is 1. The number of rotatable bonds is 3. The van der Waals surface area contributed by atoms with E-state index in [0.717, 1.165) is 18.5 Å². The van der Waals surface area contributed by atoms with Gasteiger partial charge in [-0.05, 0) is 17.5 Å². The Bertz CT molecular complexity index is 431. The summed E-state index contributed by atoms with van der Waals surface area (Å²) in [6.45, 7) is 2.15. The quantitative estimate of drug-likeness (QED) is 0.831. The Balaban J connectivity index is 2.11. The second kappa shape index (κ2) is 4.17. The predicted octanol–water partition coefficient (Wildman–Crippen LogP) is 2.41. The van der Waals surface area contributed by atoms with Crippen molar-refractivity contribution < 1.29 is 4.42 Å². The van der Waals surface area contributed by atoms with Crippen LogP contribution in [0.1, 0.15) is 23.7 Å². The van der Waals surface area contributed by atoms with Gasteiger partial charge < -0.3 is 10.2 Å². The van der Waals surface area contributed by atoms with E-state index in [1.165, 1.54) is 11.1 Å². The van der Waals surface area contributed by atoms with Crippen LogP contribution in [-0.4, -0.2) is 4.98 Å². The number of aryl methyl sites for hydroxylation is 1. The lowest BCUT2D eigenvalue weighted by molar-refractivity contribution is 0.579. The van der Waals surface area contributed by atoms with Gasteiger partial charge in [-0.25, -0.2) is 0 Å². The summed E-state index contributed by atoms with van der Waals surface area (Å²) in [6.07, 6.45) is 3.44. The molecule has 0 unspecified atom stereocenters. The molecule has 0 aliphatic heterocycles. The fourth-order valence-corrected chi connectivity index (χ4v) is 1.51. The van der Waals surface area contributed by atoms with E-state index in [9.17, 15) is 0 Å².